The van der Waals surface area contributed by atoms with Crippen LogP contribution in [0, 0.1) is 6.92 Å². The fourth-order valence-electron chi connectivity index (χ4n) is 1.77. The number of aryl methyl sites for hydroxylation is 1. The highest BCUT2D eigenvalue weighted by atomic mass is 16.5. The fraction of sp³-hybridized carbons (Fsp3) is 0.500. The average Bonchev–Trinajstić information content (AvgIpc) is 2.50. The molecule has 0 aliphatic rings. The first-order valence-corrected chi connectivity index (χ1v) is 7.46. The third kappa shape index (κ3) is 6.55. The maximum absolute atomic E-state index is 11.3. The van der Waals surface area contributed by atoms with E-state index in [1.807, 2.05) is 46.8 Å². The molecule has 20 heavy (non-hydrogen) atoms. The lowest BCUT2D eigenvalue weighted by atomic mass is 9.99. The Hall–Kier alpha value is -1.57. The van der Waals surface area contributed by atoms with Crippen LogP contribution in [0.4, 0.5) is 0 Å². The van der Waals surface area contributed by atoms with Gasteiger partial charge in [0, 0.05) is 0 Å². The molecule has 0 bridgehead atoms. The Balaban J connectivity index is 0. The van der Waals surface area contributed by atoms with Gasteiger partial charge in [0.25, 0.3) is 0 Å². The van der Waals surface area contributed by atoms with Crippen molar-refractivity contribution >= 4 is 11.5 Å². The number of carbonyl (C=O) groups excluding carboxylic acids is 1. The zero-order valence-corrected chi connectivity index (χ0v) is 14.3. The van der Waals surface area contributed by atoms with Gasteiger partial charge in [-0.05, 0) is 49.1 Å². The highest BCUT2D eigenvalue weighted by Gasteiger charge is 2.07. The number of ether oxygens (including phenoxy) is 1. The molecule has 0 fully saturated rings. The second-order valence-electron chi connectivity index (χ2n) is 3.82. The summed E-state index contributed by atoms with van der Waals surface area (Å²) in [7, 11) is 1.40. The summed E-state index contributed by atoms with van der Waals surface area (Å²) in [5.74, 6) is -0.285. The van der Waals surface area contributed by atoms with Crippen molar-refractivity contribution in [3.05, 3.63) is 41.0 Å². The van der Waals surface area contributed by atoms with E-state index in [1.165, 1.54) is 18.2 Å². The first-order chi connectivity index (χ1) is 9.60. The van der Waals surface area contributed by atoms with E-state index in [4.69, 9.17) is 0 Å². The zero-order chi connectivity index (χ0) is 16.1. The molecule has 0 N–H and O–H groups in total. The Labute approximate surface area is 124 Å². The van der Waals surface area contributed by atoms with E-state index >= 15 is 0 Å². The second kappa shape index (κ2) is 12.5. The van der Waals surface area contributed by atoms with Gasteiger partial charge in [0.2, 0.25) is 0 Å². The Morgan fingerprint density at radius 3 is 2.15 bits per heavy atom. The lowest BCUT2D eigenvalue weighted by Gasteiger charge is -2.08. The predicted octanol–water partition coefficient (Wildman–Crippen LogP) is 5.65. The van der Waals surface area contributed by atoms with E-state index in [9.17, 15) is 4.79 Å². The second-order valence-corrected chi connectivity index (χ2v) is 3.82. The van der Waals surface area contributed by atoms with Crippen LogP contribution in [0.5, 0.6) is 0 Å². The van der Waals surface area contributed by atoms with Gasteiger partial charge in [-0.1, -0.05) is 46.8 Å². The topological polar surface area (TPSA) is 26.3 Å². The normalized spacial score (nSPS) is 9.70. The molecule has 0 aliphatic heterocycles. The molecule has 2 nitrogen and oxygen atoms in total. The van der Waals surface area contributed by atoms with Crippen molar-refractivity contribution in [3.8, 4) is 0 Å². The van der Waals surface area contributed by atoms with Crippen molar-refractivity contribution < 1.29 is 9.53 Å². The maximum Gasteiger partial charge on any atom is 0.337 e. The van der Waals surface area contributed by atoms with Crippen molar-refractivity contribution in [2.75, 3.05) is 7.11 Å². The summed E-state index contributed by atoms with van der Waals surface area (Å²) in [5.41, 5.74) is 4.14. The molecule has 0 spiro atoms. The van der Waals surface area contributed by atoms with Gasteiger partial charge in [-0.15, -0.1) is 0 Å². The lowest BCUT2D eigenvalue weighted by Crippen LogP contribution is -2.02. The third-order valence-electron chi connectivity index (χ3n) is 2.58. The van der Waals surface area contributed by atoms with Gasteiger partial charge in [-0.2, -0.15) is 0 Å². The third-order valence-corrected chi connectivity index (χ3v) is 2.58. The zero-order valence-electron chi connectivity index (χ0n) is 14.3. The molecule has 0 radical (unpaired) electrons. The van der Waals surface area contributed by atoms with Crippen molar-refractivity contribution in [2.45, 2.75) is 54.9 Å². The highest BCUT2D eigenvalue weighted by Crippen LogP contribution is 2.20. The monoisotopic (exact) mass is 278 g/mol. The molecule has 0 saturated heterocycles. The van der Waals surface area contributed by atoms with Crippen molar-refractivity contribution in [1.82, 2.24) is 0 Å². The van der Waals surface area contributed by atoms with Gasteiger partial charge < -0.3 is 4.74 Å². The summed E-state index contributed by atoms with van der Waals surface area (Å²) in [6.45, 7) is 14.2. The van der Waals surface area contributed by atoms with Crippen LogP contribution in [-0.2, 0) is 4.74 Å². The van der Waals surface area contributed by atoms with Crippen LogP contribution >= 0.6 is 0 Å². The Kier molecular flexibility index (Phi) is 12.9. The molecular formula is C18H30O2. The minimum Gasteiger partial charge on any atom is -0.465 e. The van der Waals surface area contributed by atoms with Gasteiger partial charge in [-0.25, -0.2) is 4.79 Å². The van der Waals surface area contributed by atoms with Gasteiger partial charge in [0.15, 0.2) is 0 Å². The minimum atomic E-state index is -0.285. The Bertz CT molecular complexity index is 417. The number of methoxy groups -OCH3 is 1. The van der Waals surface area contributed by atoms with Crippen LogP contribution < -0.4 is 0 Å². The lowest BCUT2D eigenvalue weighted by molar-refractivity contribution is 0.0600. The number of carbonyl (C=O) groups is 1. The van der Waals surface area contributed by atoms with Gasteiger partial charge >= 0.3 is 5.97 Å². The summed E-state index contributed by atoms with van der Waals surface area (Å²) in [4.78, 5) is 11.3. The molecule has 0 heterocycles. The van der Waals surface area contributed by atoms with Gasteiger partial charge in [0.1, 0.15) is 0 Å². The number of hydrogen-bond donors (Lipinski definition) is 0. The maximum atomic E-state index is 11.3. The Morgan fingerprint density at radius 2 is 1.75 bits per heavy atom. The van der Waals surface area contributed by atoms with Crippen molar-refractivity contribution in [1.29, 1.82) is 0 Å². The molecule has 1 rings (SSSR count). The largest absolute Gasteiger partial charge is 0.465 e. The number of allylic oxidation sites excluding steroid dienone is 2. The van der Waals surface area contributed by atoms with Gasteiger partial charge in [0.05, 0.1) is 12.7 Å². The predicted molar refractivity (Wildman–Crippen MR) is 89.2 cm³/mol. The quantitative estimate of drug-likeness (QED) is 0.668. The molecule has 1 aromatic carbocycles. The van der Waals surface area contributed by atoms with Gasteiger partial charge in [-0.3, -0.25) is 0 Å². The van der Waals surface area contributed by atoms with Crippen molar-refractivity contribution in [2.24, 2.45) is 0 Å². The first-order valence-electron chi connectivity index (χ1n) is 7.46. The van der Waals surface area contributed by atoms with E-state index in [0.29, 0.717) is 5.56 Å². The van der Waals surface area contributed by atoms with Crippen molar-refractivity contribution in [3.63, 3.8) is 0 Å². The molecular weight excluding hydrogens is 248 g/mol. The fourth-order valence-corrected chi connectivity index (χ4v) is 1.77. The standard InChI is InChI=1S/C14H18O2.2C2H6/c1-5-6-10(2)13-8-7-12(9-11(13)3)14(15)16-4;2*1-2/h6-9H,5H2,1-4H3;2*1-2H3/b10-6-;;. The average molecular weight is 278 g/mol. The molecule has 1 aromatic rings. The summed E-state index contributed by atoms with van der Waals surface area (Å²) in [6.07, 6.45) is 3.20. The first kappa shape index (κ1) is 20.7. The summed E-state index contributed by atoms with van der Waals surface area (Å²) < 4.78 is 4.69. The SMILES string of the molecule is CC.CC.CC/C=C(/C)c1ccc(C(=O)OC)cc1C. The molecule has 0 aliphatic carbocycles. The van der Waals surface area contributed by atoms with Crippen LogP contribution in [-0.4, -0.2) is 13.1 Å². The van der Waals surface area contributed by atoms with E-state index < -0.39 is 0 Å². The molecule has 0 amide bonds. The Morgan fingerprint density at radius 1 is 1.20 bits per heavy atom. The summed E-state index contributed by atoms with van der Waals surface area (Å²) in [6, 6.07) is 5.65. The van der Waals surface area contributed by atoms with E-state index in [-0.39, 0.29) is 5.97 Å². The summed E-state index contributed by atoms with van der Waals surface area (Å²) in [5, 5.41) is 0. The number of esters is 1. The van der Waals surface area contributed by atoms with Crippen LogP contribution in [0.1, 0.15) is 69.4 Å². The molecule has 0 atom stereocenters. The number of rotatable bonds is 3. The summed E-state index contributed by atoms with van der Waals surface area (Å²) >= 11 is 0. The van der Waals surface area contributed by atoms with E-state index in [2.05, 4.69) is 24.7 Å². The molecule has 114 valence electrons. The minimum absolute atomic E-state index is 0.285. The number of hydrogen-bond acceptors (Lipinski definition) is 2. The van der Waals surface area contributed by atoms with Crippen LogP contribution in [0.2, 0.25) is 0 Å². The van der Waals surface area contributed by atoms with E-state index in [1.54, 1.807) is 6.07 Å². The van der Waals surface area contributed by atoms with E-state index in [0.717, 1.165) is 12.0 Å². The highest BCUT2D eigenvalue weighted by molar-refractivity contribution is 5.90. The van der Waals surface area contributed by atoms with Crippen LogP contribution in [0.25, 0.3) is 5.57 Å². The molecule has 2 heteroatoms. The van der Waals surface area contributed by atoms with Crippen LogP contribution in [0.3, 0.4) is 0 Å². The molecule has 0 unspecified atom stereocenters. The van der Waals surface area contributed by atoms with Crippen LogP contribution in [0.15, 0.2) is 24.3 Å². The number of benzene rings is 1. The molecule has 0 aromatic heterocycles. The molecule has 0 saturated carbocycles. The smallest absolute Gasteiger partial charge is 0.337 e.